The van der Waals surface area contributed by atoms with Gasteiger partial charge in [0.15, 0.2) is 5.75 Å². The van der Waals surface area contributed by atoms with Crippen LogP contribution in [-0.4, -0.2) is 40.4 Å². The van der Waals surface area contributed by atoms with Crippen LogP contribution in [0.4, 0.5) is 10.7 Å². The number of aromatic nitrogens is 2. The summed E-state index contributed by atoms with van der Waals surface area (Å²) in [5.41, 5.74) is 3.59. The summed E-state index contributed by atoms with van der Waals surface area (Å²) in [6.45, 7) is 9.03. The van der Waals surface area contributed by atoms with Gasteiger partial charge in [0.25, 0.3) is 0 Å². The normalized spacial score (nSPS) is 17.1. The summed E-state index contributed by atoms with van der Waals surface area (Å²) in [5.74, 6) is 0.753. The van der Waals surface area contributed by atoms with Crippen LogP contribution < -0.4 is 9.64 Å². The summed E-state index contributed by atoms with van der Waals surface area (Å²) in [7, 11) is 0. The molecule has 1 aromatic heterocycles. The summed E-state index contributed by atoms with van der Waals surface area (Å²) < 4.78 is 10.9. The Morgan fingerprint density at radius 1 is 1.30 bits per heavy atom. The highest BCUT2D eigenvalue weighted by Gasteiger charge is 2.33. The van der Waals surface area contributed by atoms with Gasteiger partial charge in [0.05, 0.1) is 25.5 Å². The number of aliphatic hydroxyl groups is 1. The number of amides is 1. The van der Waals surface area contributed by atoms with E-state index in [2.05, 4.69) is 55.9 Å². The molecule has 1 aliphatic rings. The third kappa shape index (κ3) is 4.19. The quantitative estimate of drug-likeness (QED) is 0.870. The van der Waals surface area contributed by atoms with E-state index in [1.165, 1.54) is 28.4 Å². The fourth-order valence-corrected chi connectivity index (χ4v) is 3.06. The van der Waals surface area contributed by atoms with E-state index in [1.54, 1.807) is 0 Å². The van der Waals surface area contributed by atoms with Crippen LogP contribution in [0.5, 0.6) is 5.75 Å². The standard InChI is InChI=1S/C20H25N3O4/c1-13-6-5-7-17(20(2,3)4)16(13)12-26-14-8-21-18(22-9-14)23-10-15(11-24)27-19(23)25/h5-9,15,24H,10-12H2,1-4H3. The van der Waals surface area contributed by atoms with Crippen LogP contribution in [0.2, 0.25) is 0 Å². The molecular weight excluding hydrogens is 346 g/mol. The van der Waals surface area contributed by atoms with Gasteiger partial charge in [-0.2, -0.15) is 0 Å². The Balaban J connectivity index is 1.71. The van der Waals surface area contributed by atoms with Crippen molar-refractivity contribution in [2.75, 3.05) is 18.1 Å². The second kappa shape index (κ2) is 7.52. The number of rotatable bonds is 5. The molecule has 2 aromatic rings. The number of aliphatic hydroxyl groups excluding tert-OH is 1. The van der Waals surface area contributed by atoms with Gasteiger partial charge in [0.1, 0.15) is 12.7 Å². The summed E-state index contributed by atoms with van der Waals surface area (Å²) in [6, 6.07) is 6.26. The molecule has 7 heteroatoms. The van der Waals surface area contributed by atoms with E-state index in [-0.39, 0.29) is 24.5 Å². The molecule has 7 nitrogen and oxygen atoms in total. The maximum absolute atomic E-state index is 11.8. The zero-order valence-corrected chi connectivity index (χ0v) is 16.1. The molecule has 1 saturated heterocycles. The first kappa shape index (κ1) is 19.1. The molecule has 1 unspecified atom stereocenters. The summed E-state index contributed by atoms with van der Waals surface area (Å²) in [4.78, 5) is 21.5. The monoisotopic (exact) mass is 371 g/mol. The molecule has 1 aromatic carbocycles. The number of carbonyl (C=O) groups excluding carboxylic acids is 1. The minimum absolute atomic E-state index is 0.0183. The van der Waals surface area contributed by atoms with Crippen LogP contribution >= 0.6 is 0 Å². The van der Waals surface area contributed by atoms with Crippen LogP contribution in [0.1, 0.15) is 37.5 Å². The van der Waals surface area contributed by atoms with Gasteiger partial charge in [-0.05, 0) is 29.0 Å². The zero-order chi connectivity index (χ0) is 19.6. The van der Waals surface area contributed by atoms with Crippen LogP contribution in [0.25, 0.3) is 0 Å². The van der Waals surface area contributed by atoms with E-state index in [0.717, 1.165) is 5.56 Å². The molecule has 144 valence electrons. The Bertz CT molecular complexity index is 815. The Kier molecular flexibility index (Phi) is 5.32. The number of carbonyl (C=O) groups is 1. The van der Waals surface area contributed by atoms with E-state index < -0.39 is 12.2 Å². The Hall–Kier alpha value is -2.67. The van der Waals surface area contributed by atoms with E-state index in [1.807, 2.05) is 0 Å². The number of ether oxygens (including phenoxy) is 2. The highest BCUT2D eigenvalue weighted by molar-refractivity contribution is 5.87. The van der Waals surface area contributed by atoms with Crippen LogP contribution in [0.3, 0.4) is 0 Å². The third-order valence-corrected chi connectivity index (χ3v) is 4.54. The molecule has 1 amide bonds. The molecular formula is C20H25N3O4. The maximum atomic E-state index is 11.8. The second-order valence-corrected chi connectivity index (χ2v) is 7.66. The molecule has 2 heterocycles. The minimum atomic E-state index is -0.558. The lowest BCUT2D eigenvalue weighted by molar-refractivity contribution is 0.0963. The van der Waals surface area contributed by atoms with Crippen molar-refractivity contribution < 1.29 is 19.4 Å². The van der Waals surface area contributed by atoms with E-state index in [0.29, 0.717) is 12.4 Å². The van der Waals surface area contributed by atoms with Gasteiger partial charge in [0.2, 0.25) is 5.95 Å². The van der Waals surface area contributed by atoms with Crippen molar-refractivity contribution in [2.24, 2.45) is 0 Å². The average Bonchev–Trinajstić information content (AvgIpc) is 3.01. The number of hydrogen-bond acceptors (Lipinski definition) is 6. The number of anilines is 1. The number of benzene rings is 1. The highest BCUT2D eigenvalue weighted by Crippen LogP contribution is 2.29. The number of cyclic esters (lactones) is 1. The van der Waals surface area contributed by atoms with Gasteiger partial charge >= 0.3 is 6.09 Å². The third-order valence-electron chi connectivity index (χ3n) is 4.54. The molecule has 0 aliphatic carbocycles. The Morgan fingerprint density at radius 2 is 2.00 bits per heavy atom. The average molecular weight is 371 g/mol. The van der Waals surface area contributed by atoms with Crippen LogP contribution in [0, 0.1) is 6.92 Å². The van der Waals surface area contributed by atoms with Gasteiger partial charge < -0.3 is 14.6 Å². The first-order valence-corrected chi connectivity index (χ1v) is 8.92. The molecule has 0 radical (unpaired) electrons. The summed E-state index contributed by atoms with van der Waals surface area (Å²) in [5, 5.41) is 9.11. The molecule has 0 saturated carbocycles. The highest BCUT2D eigenvalue weighted by atomic mass is 16.6. The van der Waals surface area contributed by atoms with Crippen LogP contribution in [0.15, 0.2) is 30.6 Å². The van der Waals surface area contributed by atoms with Gasteiger partial charge in [-0.15, -0.1) is 0 Å². The van der Waals surface area contributed by atoms with Gasteiger partial charge in [-0.1, -0.05) is 39.0 Å². The lowest BCUT2D eigenvalue weighted by Gasteiger charge is -2.24. The predicted molar refractivity (Wildman–Crippen MR) is 101 cm³/mol. The van der Waals surface area contributed by atoms with E-state index in [4.69, 9.17) is 14.6 Å². The molecule has 1 aliphatic heterocycles. The Labute approximate surface area is 159 Å². The fraction of sp³-hybridized carbons (Fsp3) is 0.450. The summed E-state index contributed by atoms with van der Waals surface area (Å²) in [6.07, 6.45) is 1.97. The van der Waals surface area contributed by atoms with Crippen molar-refractivity contribution in [3.8, 4) is 5.75 Å². The molecule has 1 N–H and O–H groups in total. The zero-order valence-electron chi connectivity index (χ0n) is 16.1. The van der Waals surface area contributed by atoms with Crippen LogP contribution in [-0.2, 0) is 16.8 Å². The molecule has 27 heavy (non-hydrogen) atoms. The van der Waals surface area contributed by atoms with Crippen molar-refractivity contribution in [1.82, 2.24) is 9.97 Å². The SMILES string of the molecule is Cc1cccc(C(C)(C)C)c1COc1cnc(N2CC(CO)OC2=O)nc1. The smallest absolute Gasteiger partial charge is 0.417 e. The van der Waals surface area contributed by atoms with Crippen molar-refractivity contribution in [2.45, 2.75) is 45.8 Å². The van der Waals surface area contributed by atoms with Gasteiger partial charge in [-0.25, -0.2) is 19.7 Å². The Morgan fingerprint density at radius 3 is 2.59 bits per heavy atom. The molecule has 0 spiro atoms. The molecule has 0 bridgehead atoms. The number of hydrogen-bond donors (Lipinski definition) is 1. The predicted octanol–water partition coefficient (Wildman–Crippen LogP) is 2.98. The summed E-state index contributed by atoms with van der Waals surface area (Å²) >= 11 is 0. The van der Waals surface area contributed by atoms with Crippen molar-refractivity contribution in [3.63, 3.8) is 0 Å². The van der Waals surface area contributed by atoms with E-state index >= 15 is 0 Å². The molecule has 1 fully saturated rings. The van der Waals surface area contributed by atoms with Crippen molar-refractivity contribution >= 4 is 12.0 Å². The minimum Gasteiger partial charge on any atom is -0.486 e. The van der Waals surface area contributed by atoms with E-state index in [9.17, 15) is 4.79 Å². The van der Waals surface area contributed by atoms with Gasteiger partial charge in [0, 0.05) is 0 Å². The molecule has 1 atom stereocenters. The maximum Gasteiger partial charge on any atom is 0.417 e. The van der Waals surface area contributed by atoms with Gasteiger partial charge in [-0.3, -0.25) is 0 Å². The lowest BCUT2D eigenvalue weighted by atomic mass is 9.82. The molecule has 3 rings (SSSR count). The number of nitrogens with zero attached hydrogens (tertiary/aromatic N) is 3. The van der Waals surface area contributed by atoms with Crippen molar-refractivity contribution in [1.29, 1.82) is 0 Å². The van der Waals surface area contributed by atoms with Crippen molar-refractivity contribution in [3.05, 3.63) is 47.3 Å². The first-order chi connectivity index (χ1) is 12.8. The second-order valence-electron chi connectivity index (χ2n) is 7.66. The first-order valence-electron chi connectivity index (χ1n) is 8.92. The topological polar surface area (TPSA) is 84.8 Å². The lowest BCUT2D eigenvalue weighted by Crippen LogP contribution is -2.27. The fourth-order valence-electron chi connectivity index (χ4n) is 3.06. The largest absolute Gasteiger partial charge is 0.486 e. The number of aryl methyl sites for hydroxylation is 1.